The number of pyridine rings is 2. The van der Waals surface area contributed by atoms with Crippen molar-refractivity contribution < 1.29 is 13.2 Å². The zero-order chi connectivity index (χ0) is 31.3. The van der Waals surface area contributed by atoms with E-state index in [1.54, 1.807) is 10.6 Å². The van der Waals surface area contributed by atoms with Crippen molar-refractivity contribution >= 4 is 0 Å². The van der Waals surface area contributed by atoms with Crippen molar-refractivity contribution in [2.75, 3.05) is 0 Å². The molecule has 6 rings (SSSR count). The second kappa shape index (κ2) is 11.1. The molecule has 4 heterocycles. The smallest absolute Gasteiger partial charge is 0.287 e. The molecule has 44 heavy (non-hydrogen) atoms. The minimum atomic E-state index is -4.53. The Morgan fingerprint density at radius 2 is 1.16 bits per heavy atom. The van der Waals surface area contributed by atoms with Crippen LogP contribution in [0.2, 0.25) is 0 Å². The van der Waals surface area contributed by atoms with Gasteiger partial charge in [0.2, 0.25) is 0 Å². The van der Waals surface area contributed by atoms with Crippen molar-refractivity contribution in [3.63, 3.8) is 0 Å². The molecule has 2 aliphatic carbocycles. The Morgan fingerprint density at radius 1 is 0.705 bits per heavy atom. The van der Waals surface area contributed by atoms with Crippen LogP contribution in [0.3, 0.4) is 0 Å². The van der Waals surface area contributed by atoms with E-state index in [-0.39, 0.29) is 16.5 Å². The Labute approximate surface area is 258 Å². The first-order chi connectivity index (χ1) is 20.8. The van der Waals surface area contributed by atoms with E-state index in [9.17, 15) is 13.2 Å². The van der Waals surface area contributed by atoms with E-state index in [1.165, 1.54) is 37.7 Å². The molecule has 0 aromatic carbocycles. The van der Waals surface area contributed by atoms with Crippen LogP contribution >= 0.6 is 0 Å². The quantitative estimate of drug-likeness (QED) is 0.202. The maximum Gasteiger partial charge on any atom is 0.435 e. The molecule has 2 saturated carbocycles. The van der Waals surface area contributed by atoms with Crippen LogP contribution < -0.4 is 0 Å². The minimum Gasteiger partial charge on any atom is -0.287 e. The number of hydrogen-bond donors (Lipinski definition) is 0. The van der Waals surface area contributed by atoms with Gasteiger partial charge in [-0.3, -0.25) is 9.13 Å². The molecular formula is C35H43F3N6. The van der Waals surface area contributed by atoms with Gasteiger partial charge in [-0.1, -0.05) is 51.7 Å². The molecule has 2 fully saturated rings. The van der Waals surface area contributed by atoms with Crippen LogP contribution in [-0.2, 0) is 24.4 Å². The largest absolute Gasteiger partial charge is 0.435 e. The molecule has 2 aliphatic rings. The number of halogens is 3. The summed E-state index contributed by atoms with van der Waals surface area (Å²) >= 11 is 0. The fourth-order valence-electron chi connectivity index (χ4n) is 7.41. The number of alkyl halides is 3. The highest BCUT2D eigenvalue weighted by Crippen LogP contribution is 2.44. The summed E-state index contributed by atoms with van der Waals surface area (Å²) in [4.78, 5) is 18.6. The number of nitrogens with zero attached hydrogens (tertiary/aromatic N) is 6. The normalized spacial score (nSPS) is 18.3. The third kappa shape index (κ3) is 5.82. The van der Waals surface area contributed by atoms with Crippen molar-refractivity contribution in [2.24, 2.45) is 10.8 Å². The van der Waals surface area contributed by atoms with Gasteiger partial charge in [-0.05, 0) is 94.4 Å². The molecule has 0 atom stereocenters. The number of imidazole rings is 2. The first-order valence-corrected chi connectivity index (χ1v) is 15.9. The molecule has 6 nitrogen and oxygen atoms in total. The Bertz CT molecular complexity index is 1630. The lowest BCUT2D eigenvalue weighted by atomic mass is 9.83. The van der Waals surface area contributed by atoms with E-state index >= 15 is 0 Å². The van der Waals surface area contributed by atoms with E-state index in [4.69, 9.17) is 9.97 Å². The minimum absolute atomic E-state index is 0.182. The van der Waals surface area contributed by atoms with Gasteiger partial charge in [0.05, 0.1) is 22.8 Å². The average Bonchev–Trinajstić information content (AvgIpc) is 3.78. The standard InChI is InChI=1S/C35H43F3N6/c1-24-25(20-33(4)16-6-7-17-33)43(22-39-24)29-14-10-12-27(41-29)32(2,3)28-13-11-15-30(42-28)44-23-40-31(35(36,37)38)26(44)21-34(5)18-8-9-19-34/h10-15,22-23H,6-9,16-21H2,1-5H3. The van der Waals surface area contributed by atoms with Crippen LogP contribution in [-0.4, -0.2) is 29.1 Å². The van der Waals surface area contributed by atoms with E-state index in [1.807, 2.05) is 36.7 Å². The molecule has 0 unspecified atom stereocenters. The number of rotatable bonds is 8. The summed E-state index contributed by atoms with van der Waals surface area (Å²) in [5.41, 5.74) is 2.61. The zero-order valence-electron chi connectivity index (χ0n) is 26.5. The number of hydrogen-bond acceptors (Lipinski definition) is 4. The lowest BCUT2D eigenvalue weighted by Gasteiger charge is -2.27. The summed E-state index contributed by atoms with van der Waals surface area (Å²) in [5, 5.41) is 0. The van der Waals surface area contributed by atoms with Crippen LogP contribution in [0.25, 0.3) is 11.6 Å². The molecule has 0 spiro atoms. The molecule has 234 valence electrons. The summed E-state index contributed by atoms with van der Waals surface area (Å²) in [7, 11) is 0. The molecular weight excluding hydrogens is 561 g/mol. The lowest BCUT2D eigenvalue weighted by molar-refractivity contribution is -0.141. The number of aryl methyl sites for hydroxylation is 1. The van der Waals surface area contributed by atoms with Crippen molar-refractivity contribution in [3.05, 3.63) is 83.2 Å². The van der Waals surface area contributed by atoms with Gasteiger partial charge in [0.15, 0.2) is 5.69 Å². The predicted molar refractivity (Wildman–Crippen MR) is 165 cm³/mol. The van der Waals surface area contributed by atoms with Gasteiger partial charge in [-0.25, -0.2) is 19.9 Å². The molecule has 4 aromatic rings. The third-order valence-corrected chi connectivity index (χ3v) is 10.3. The molecule has 0 saturated heterocycles. The van der Waals surface area contributed by atoms with Gasteiger partial charge in [-0.15, -0.1) is 0 Å². The van der Waals surface area contributed by atoms with E-state index in [0.29, 0.717) is 12.2 Å². The monoisotopic (exact) mass is 604 g/mol. The van der Waals surface area contributed by atoms with E-state index < -0.39 is 17.3 Å². The molecule has 0 radical (unpaired) electrons. The predicted octanol–water partition coefficient (Wildman–Crippen LogP) is 8.75. The maximum atomic E-state index is 14.1. The SMILES string of the molecule is Cc1ncn(-c2cccc(C(C)(C)c3cccc(-n4cnc(C(F)(F)F)c4CC4(C)CCCC4)n3)n2)c1CC1(C)CCCC1. The molecule has 0 amide bonds. The zero-order valence-corrected chi connectivity index (χ0v) is 26.5. The Kier molecular flexibility index (Phi) is 7.73. The fraction of sp³-hybridized carbons (Fsp3) is 0.543. The highest BCUT2D eigenvalue weighted by molar-refractivity contribution is 5.39. The van der Waals surface area contributed by atoms with E-state index in [0.717, 1.165) is 55.0 Å². The summed E-state index contributed by atoms with van der Waals surface area (Å²) in [6, 6.07) is 11.5. The van der Waals surface area contributed by atoms with Crippen molar-refractivity contribution in [1.82, 2.24) is 29.1 Å². The van der Waals surface area contributed by atoms with Gasteiger partial charge in [-0.2, -0.15) is 13.2 Å². The summed E-state index contributed by atoms with van der Waals surface area (Å²) < 4.78 is 45.9. The van der Waals surface area contributed by atoms with Crippen molar-refractivity contribution in [2.45, 2.75) is 110 Å². The highest BCUT2D eigenvalue weighted by atomic mass is 19.4. The third-order valence-electron chi connectivity index (χ3n) is 10.3. The highest BCUT2D eigenvalue weighted by Gasteiger charge is 2.41. The van der Waals surface area contributed by atoms with Crippen LogP contribution in [0.1, 0.15) is 113 Å². The maximum absolute atomic E-state index is 14.1. The summed E-state index contributed by atoms with van der Waals surface area (Å²) in [6.07, 6.45) is 8.79. The van der Waals surface area contributed by atoms with E-state index in [2.05, 4.69) is 49.2 Å². The molecule has 0 N–H and O–H groups in total. The Hall–Kier alpha value is -3.49. The lowest BCUT2D eigenvalue weighted by Crippen LogP contribution is -2.24. The molecule has 4 aromatic heterocycles. The first-order valence-electron chi connectivity index (χ1n) is 15.9. The first kappa shape index (κ1) is 30.5. The second-order valence-electron chi connectivity index (χ2n) is 14.3. The van der Waals surface area contributed by atoms with Crippen LogP contribution in [0.5, 0.6) is 0 Å². The molecule has 0 bridgehead atoms. The van der Waals surface area contributed by atoms with Gasteiger partial charge in [0, 0.05) is 11.1 Å². The Morgan fingerprint density at radius 3 is 1.66 bits per heavy atom. The fourth-order valence-corrected chi connectivity index (χ4v) is 7.41. The van der Waals surface area contributed by atoms with Crippen molar-refractivity contribution in [1.29, 1.82) is 0 Å². The molecule has 9 heteroatoms. The van der Waals surface area contributed by atoms with Crippen LogP contribution in [0, 0.1) is 17.8 Å². The summed E-state index contributed by atoms with van der Waals surface area (Å²) in [5.74, 6) is 1.24. The van der Waals surface area contributed by atoms with Gasteiger partial charge >= 0.3 is 6.18 Å². The van der Waals surface area contributed by atoms with Gasteiger partial charge in [0.25, 0.3) is 0 Å². The van der Waals surface area contributed by atoms with Gasteiger partial charge < -0.3 is 0 Å². The topological polar surface area (TPSA) is 61.4 Å². The van der Waals surface area contributed by atoms with Crippen LogP contribution in [0.15, 0.2) is 49.1 Å². The number of aromatic nitrogens is 6. The Balaban J connectivity index is 1.35. The van der Waals surface area contributed by atoms with Crippen molar-refractivity contribution in [3.8, 4) is 11.6 Å². The van der Waals surface area contributed by atoms with Gasteiger partial charge in [0.1, 0.15) is 24.3 Å². The average molecular weight is 605 g/mol. The summed E-state index contributed by atoms with van der Waals surface area (Å²) in [6.45, 7) is 10.6. The molecule has 0 aliphatic heterocycles. The van der Waals surface area contributed by atoms with Crippen LogP contribution in [0.4, 0.5) is 13.2 Å². The second-order valence-corrected chi connectivity index (χ2v) is 14.3.